The summed E-state index contributed by atoms with van der Waals surface area (Å²) < 4.78 is 0. The Kier molecular flexibility index (Phi) is 3.34. The molecule has 1 N–H and O–H groups in total. The van der Waals surface area contributed by atoms with Crippen molar-refractivity contribution in [2.75, 3.05) is 11.9 Å². The van der Waals surface area contributed by atoms with Gasteiger partial charge in [0.2, 0.25) is 0 Å². The number of hydrogen-bond donors (Lipinski definition) is 1. The highest BCUT2D eigenvalue weighted by molar-refractivity contribution is 5.59. The van der Waals surface area contributed by atoms with Gasteiger partial charge in [-0.3, -0.25) is 0 Å². The second-order valence-corrected chi connectivity index (χ2v) is 5.70. The average Bonchev–Trinajstić information content (AvgIpc) is 2.76. The number of benzene rings is 1. The molecule has 0 aromatic heterocycles. The molecule has 2 saturated heterocycles. The van der Waals surface area contributed by atoms with Crippen molar-refractivity contribution in [2.45, 2.75) is 43.8 Å². The van der Waals surface area contributed by atoms with Gasteiger partial charge in [-0.25, -0.2) is 0 Å². The van der Waals surface area contributed by atoms with E-state index in [9.17, 15) is 5.26 Å². The quantitative estimate of drug-likeness (QED) is 0.891. The van der Waals surface area contributed by atoms with E-state index in [1.165, 1.54) is 12.8 Å². The molecule has 1 aromatic rings. The highest BCUT2D eigenvalue weighted by Crippen LogP contribution is 2.39. The maximum atomic E-state index is 9.17. The second-order valence-electron chi connectivity index (χ2n) is 5.70. The lowest BCUT2D eigenvalue weighted by Crippen LogP contribution is -2.48. The molecule has 0 aliphatic carbocycles. The van der Waals surface area contributed by atoms with E-state index in [1.807, 2.05) is 19.2 Å². The molecule has 2 heterocycles. The van der Waals surface area contributed by atoms with Gasteiger partial charge in [-0.15, -0.1) is 0 Å². The van der Waals surface area contributed by atoms with Crippen LogP contribution >= 0.6 is 0 Å². The van der Waals surface area contributed by atoms with Crippen molar-refractivity contribution < 1.29 is 0 Å². The Hall–Kier alpha value is -2.04. The summed E-state index contributed by atoms with van der Waals surface area (Å²) in [6, 6.07) is 11.6. The Bertz CT molecular complexity index is 581. The van der Waals surface area contributed by atoms with Crippen LogP contribution in [0.25, 0.3) is 0 Å². The summed E-state index contributed by atoms with van der Waals surface area (Å²) in [5, 5.41) is 21.6. The van der Waals surface area contributed by atoms with E-state index < -0.39 is 0 Å². The van der Waals surface area contributed by atoms with Crippen molar-refractivity contribution in [1.82, 2.24) is 5.32 Å². The Morgan fingerprint density at radius 3 is 2.30 bits per heavy atom. The third-order valence-electron chi connectivity index (χ3n) is 4.68. The molecular weight excluding hydrogens is 248 g/mol. The van der Waals surface area contributed by atoms with Crippen LogP contribution in [0.15, 0.2) is 18.2 Å². The first-order chi connectivity index (χ1) is 9.76. The van der Waals surface area contributed by atoms with E-state index >= 15 is 0 Å². The summed E-state index contributed by atoms with van der Waals surface area (Å²) in [6.07, 6.45) is 4.78. The highest BCUT2D eigenvalue weighted by Gasteiger charge is 2.40. The van der Waals surface area contributed by atoms with Crippen LogP contribution in [-0.2, 0) is 0 Å². The molecule has 0 amide bonds. The molecule has 2 aliphatic heterocycles. The monoisotopic (exact) mass is 266 g/mol. The molecule has 2 fully saturated rings. The molecule has 102 valence electrons. The fourth-order valence-corrected chi connectivity index (χ4v) is 3.72. The summed E-state index contributed by atoms with van der Waals surface area (Å²) in [4.78, 5) is 2.47. The van der Waals surface area contributed by atoms with Crippen molar-refractivity contribution in [1.29, 1.82) is 10.5 Å². The number of hydrogen-bond acceptors (Lipinski definition) is 4. The van der Waals surface area contributed by atoms with E-state index in [2.05, 4.69) is 22.4 Å². The van der Waals surface area contributed by atoms with Gasteiger partial charge >= 0.3 is 0 Å². The van der Waals surface area contributed by atoms with Gasteiger partial charge in [-0.05, 0) is 50.9 Å². The van der Waals surface area contributed by atoms with Gasteiger partial charge in [0.05, 0.1) is 11.1 Å². The lowest BCUT2D eigenvalue weighted by Gasteiger charge is -2.40. The number of fused-ring (bicyclic) bond motifs is 2. The topological polar surface area (TPSA) is 62.9 Å². The standard InChI is InChI=1S/C16H18N4/c1-19-13-7-15-4-5-16(8-13)20(15)14-3-2-11(9-17)12(6-14)10-18/h2-3,6,13,15-16,19H,4-5,7-8H2,1H3. The maximum absolute atomic E-state index is 9.17. The molecular formula is C16H18N4. The zero-order chi connectivity index (χ0) is 14.1. The molecule has 0 radical (unpaired) electrons. The molecule has 20 heavy (non-hydrogen) atoms. The van der Waals surface area contributed by atoms with Crippen LogP contribution in [0.4, 0.5) is 5.69 Å². The van der Waals surface area contributed by atoms with E-state index in [0.29, 0.717) is 29.3 Å². The first kappa shape index (κ1) is 13.0. The fraction of sp³-hybridized carbons (Fsp3) is 0.500. The van der Waals surface area contributed by atoms with Crippen molar-refractivity contribution in [2.24, 2.45) is 0 Å². The van der Waals surface area contributed by atoms with Crippen molar-refractivity contribution in [3.8, 4) is 12.1 Å². The molecule has 3 rings (SSSR count). The number of rotatable bonds is 2. The SMILES string of the molecule is CNC1CC2CCC(C1)N2c1ccc(C#N)c(C#N)c1. The summed E-state index contributed by atoms with van der Waals surface area (Å²) >= 11 is 0. The molecule has 4 heteroatoms. The normalized spacial score (nSPS) is 27.9. The third kappa shape index (κ3) is 2.03. The predicted octanol–water partition coefficient (Wildman–Crippen LogP) is 2.15. The first-order valence-electron chi connectivity index (χ1n) is 7.16. The molecule has 1 aromatic carbocycles. The van der Waals surface area contributed by atoms with Crippen LogP contribution in [0.1, 0.15) is 36.8 Å². The van der Waals surface area contributed by atoms with Crippen LogP contribution in [0.5, 0.6) is 0 Å². The van der Waals surface area contributed by atoms with Gasteiger partial charge in [0.25, 0.3) is 0 Å². The minimum Gasteiger partial charge on any atom is -0.365 e. The minimum atomic E-state index is 0.466. The Morgan fingerprint density at radius 2 is 1.75 bits per heavy atom. The van der Waals surface area contributed by atoms with E-state index in [1.54, 1.807) is 6.07 Å². The van der Waals surface area contributed by atoms with E-state index in [0.717, 1.165) is 18.5 Å². The van der Waals surface area contributed by atoms with Gasteiger partial charge in [-0.1, -0.05) is 0 Å². The first-order valence-corrected chi connectivity index (χ1v) is 7.16. The Labute approximate surface area is 119 Å². The van der Waals surface area contributed by atoms with Gasteiger partial charge in [0, 0.05) is 23.8 Å². The van der Waals surface area contributed by atoms with Crippen LogP contribution in [-0.4, -0.2) is 25.2 Å². The lowest BCUT2D eigenvalue weighted by molar-refractivity contribution is 0.374. The van der Waals surface area contributed by atoms with Gasteiger partial charge in [0.1, 0.15) is 12.1 Å². The Balaban J connectivity index is 1.92. The number of nitrogens with one attached hydrogen (secondary N) is 1. The average molecular weight is 266 g/mol. The number of nitrogens with zero attached hydrogens (tertiary/aromatic N) is 3. The molecule has 0 spiro atoms. The second kappa shape index (κ2) is 5.15. The van der Waals surface area contributed by atoms with Gasteiger partial charge in [0.15, 0.2) is 0 Å². The highest BCUT2D eigenvalue weighted by atomic mass is 15.2. The Morgan fingerprint density at radius 1 is 1.10 bits per heavy atom. The minimum absolute atomic E-state index is 0.466. The summed E-state index contributed by atoms with van der Waals surface area (Å²) in [5.74, 6) is 0. The van der Waals surface area contributed by atoms with Crippen LogP contribution in [0, 0.1) is 22.7 Å². The fourth-order valence-electron chi connectivity index (χ4n) is 3.72. The summed E-state index contributed by atoms with van der Waals surface area (Å²) in [6.45, 7) is 0. The maximum Gasteiger partial charge on any atom is 0.101 e. The molecule has 2 unspecified atom stereocenters. The van der Waals surface area contributed by atoms with Crippen LogP contribution in [0.2, 0.25) is 0 Å². The van der Waals surface area contributed by atoms with E-state index in [4.69, 9.17) is 5.26 Å². The zero-order valence-corrected chi connectivity index (χ0v) is 11.6. The third-order valence-corrected chi connectivity index (χ3v) is 4.68. The van der Waals surface area contributed by atoms with Gasteiger partial charge < -0.3 is 10.2 Å². The smallest absolute Gasteiger partial charge is 0.101 e. The molecule has 2 atom stereocenters. The van der Waals surface area contributed by atoms with E-state index in [-0.39, 0.29) is 0 Å². The summed E-state index contributed by atoms with van der Waals surface area (Å²) in [5.41, 5.74) is 2.05. The number of piperidine rings is 1. The van der Waals surface area contributed by atoms with Crippen LogP contribution in [0.3, 0.4) is 0 Å². The van der Waals surface area contributed by atoms with Crippen LogP contribution < -0.4 is 10.2 Å². The molecule has 2 bridgehead atoms. The van der Waals surface area contributed by atoms with Crippen molar-refractivity contribution >= 4 is 5.69 Å². The lowest BCUT2D eigenvalue weighted by atomic mass is 9.96. The summed E-state index contributed by atoms with van der Waals surface area (Å²) in [7, 11) is 2.04. The molecule has 0 saturated carbocycles. The largest absolute Gasteiger partial charge is 0.365 e. The van der Waals surface area contributed by atoms with Crippen molar-refractivity contribution in [3.63, 3.8) is 0 Å². The number of anilines is 1. The zero-order valence-electron chi connectivity index (χ0n) is 11.6. The number of nitriles is 2. The predicted molar refractivity (Wildman–Crippen MR) is 77.2 cm³/mol. The molecule has 2 aliphatic rings. The van der Waals surface area contributed by atoms with Gasteiger partial charge in [-0.2, -0.15) is 10.5 Å². The van der Waals surface area contributed by atoms with Crippen molar-refractivity contribution in [3.05, 3.63) is 29.3 Å². The molecule has 4 nitrogen and oxygen atoms in total.